The first-order valence-electron chi connectivity index (χ1n) is 6.77. The predicted molar refractivity (Wildman–Crippen MR) is 69.5 cm³/mol. The molecule has 0 aliphatic rings. The first-order valence-corrected chi connectivity index (χ1v) is 6.77. The number of unbranched alkanes of at least 4 members (excludes halogenated alkanes) is 1. The van der Waals surface area contributed by atoms with Gasteiger partial charge in [-0.05, 0) is 33.1 Å². The molecule has 3 nitrogen and oxygen atoms in total. The highest BCUT2D eigenvalue weighted by atomic mass is 17.2. The summed E-state index contributed by atoms with van der Waals surface area (Å²) in [5.41, 5.74) is -0.429. The van der Waals surface area contributed by atoms with Crippen molar-refractivity contribution in [3.8, 4) is 0 Å². The second-order valence-electron chi connectivity index (χ2n) is 5.61. The molecule has 0 aliphatic heterocycles. The summed E-state index contributed by atoms with van der Waals surface area (Å²) in [5.74, 6) is 0.381. The topological polar surface area (TPSA) is 35.5 Å². The molecule has 0 N–H and O–H groups in total. The van der Waals surface area contributed by atoms with Crippen LogP contribution in [0.5, 0.6) is 0 Å². The number of carbonyl (C=O) groups excluding carboxylic acids is 1. The molecular weight excluding hydrogens is 216 g/mol. The Morgan fingerprint density at radius 2 is 1.82 bits per heavy atom. The molecule has 0 bridgehead atoms. The number of carbonyl (C=O) groups is 1. The van der Waals surface area contributed by atoms with Crippen LogP contribution in [0.3, 0.4) is 0 Å². The summed E-state index contributed by atoms with van der Waals surface area (Å²) in [6, 6.07) is 0. The minimum Gasteiger partial charge on any atom is -0.298 e. The quantitative estimate of drug-likeness (QED) is 0.473. The summed E-state index contributed by atoms with van der Waals surface area (Å²) in [7, 11) is 0. The Labute approximate surface area is 106 Å². The van der Waals surface area contributed by atoms with Crippen molar-refractivity contribution >= 4 is 5.97 Å². The van der Waals surface area contributed by atoms with E-state index in [2.05, 4.69) is 13.8 Å². The number of rotatable bonds is 8. The first-order chi connectivity index (χ1) is 7.89. The van der Waals surface area contributed by atoms with Crippen molar-refractivity contribution < 1.29 is 14.6 Å². The molecule has 1 unspecified atom stereocenters. The minimum absolute atomic E-state index is 0.255. The smallest absolute Gasteiger partial charge is 0.298 e. The van der Waals surface area contributed by atoms with E-state index in [0.717, 1.165) is 12.8 Å². The molecule has 17 heavy (non-hydrogen) atoms. The summed E-state index contributed by atoms with van der Waals surface area (Å²) in [5, 5.41) is 0. The molecule has 0 amide bonds. The van der Waals surface area contributed by atoms with Gasteiger partial charge in [-0.3, -0.25) is 4.89 Å². The van der Waals surface area contributed by atoms with Crippen molar-refractivity contribution in [3.63, 3.8) is 0 Å². The Kier molecular flexibility index (Phi) is 8.23. The summed E-state index contributed by atoms with van der Waals surface area (Å²) in [4.78, 5) is 21.2. The fourth-order valence-electron chi connectivity index (χ4n) is 1.58. The van der Waals surface area contributed by atoms with Crippen LogP contribution in [0.2, 0.25) is 0 Å². The molecule has 3 heteroatoms. The zero-order valence-electron chi connectivity index (χ0n) is 12.0. The van der Waals surface area contributed by atoms with E-state index < -0.39 is 5.60 Å². The second kappa shape index (κ2) is 8.51. The zero-order chi connectivity index (χ0) is 13.3. The van der Waals surface area contributed by atoms with Gasteiger partial charge in [-0.15, -0.1) is 0 Å². The summed E-state index contributed by atoms with van der Waals surface area (Å²) >= 11 is 0. The molecule has 0 rings (SSSR count). The van der Waals surface area contributed by atoms with Crippen LogP contribution in [-0.4, -0.2) is 11.6 Å². The third kappa shape index (κ3) is 10.3. The lowest BCUT2D eigenvalue weighted by molar-refractivity contribution is -0.320. The van der Waals surface area contributed by atoms with Gasteiger partial charge in [0.2, 0.25) is 0 Å². The van der Waals surface area contributed by atoms with Crippen LogP contribution in [0.1, 0.15) is 73.1 Å². The van der Waals surface area contributed by atoms with Crippen molar-refractivity contribution in [2.45, 2.75) is 78.7 Å². The molecular formula is C14H28O3. The molecule has 0 aromatic carbocycles. The molecule has 0 spiro atoms. The molecule has 0 heterocycles. The van der Waals surface area contributed by atoms with Gasteiger partial charge < -0.3 is 0 Å². The second-order valence-corrected chi connectivity index (χ2v) is 5.61. The van der Waals surface area contributed by atoms with E-state index in [1.807, 2.05) is 20.8 Å². The molecule has 1 atom stereocenters. The van der Waals surface area contributed by atoms with Crippen molar-refractivity contribution in [2.75, 3.05) is 0 Å². The first kappa shape index (κ1) is 16.4. The average molecular weight is 244 g/mol. The van der Waals surface area contributed by atoms with Crippen molar-refractivity contribution in [1.82, 2.24) is 0 Å². The fourth-order valence-corrected chi connectivity index (χ4v) is 1.58. The fraction of sp³-hybridized carbons (Fsp3) is 0.929. The van der Waals surface area contributed by atoms with Crippen molar-refractivity contribution in [1.29, 1.82) is 0 Å². The van der Waals surface area contributed by atoms with Crippen molar-refractivity contribution in [2.24, 2.45) is 5.92 Å². The van der Waals surface area contributed by atoms with Gasteiger partial charge in [0.15, 0.2) is 0 Å². The van der Waals surface area contributed by atoms with Crippen LogP contribution in [0.25, 0.3) is 0 Å². The Balaban J connectivity index is 3.73. The van der Waals surface area contributed by atoms with Crippen LogP contribution in [0, 0.1) is 5.92 Å². The van der Waals surface area contributed by atoms with E-state index in [-0.39, 0.29) is 5.97 Å². The SMILES string of the molecule is CCCCC(CC)CCC(=O)OOC(C)(C)C. The lowest BCUT2D eigenvalue weighted by Gasteiger charge is -2.17. The van der Waals surface area contributed by atoms with Gasteiger partial charge in [0.25, 0.3) is 0 Å². The Bertz CT molecular complexity index is 206. The molecule has 0 radical (unpaired) electrons. The normalized spacial score (nSPS) is 13.5. The van der Waals surface area contributed by atoms with Crippen molar-refractivity contribution in [3.05, 3.63) is 0 Å². The maximum absolute atomic E-state index is 11.4. The van der Waals surface area contributed by atoms with Gasteiger partial charge in [0.1, 0.15) is 5.60 Å². The molecule has 0 saturated heterocycles. The lowest BCUT2D eigenvalue weighted by atomic mass is 9.94. The maximum atomic E-state index is 11.4. The van der Waals surface area contributed by atoms with Gasteiger partial charge in [0.05, 0.1) is 0 Å². The van der Waals surface area contributed by atoms with E-state index in [4.69, 9.17) is 9.78 Å². The monoisotopic (exact) mass is 244 g/mol. The third-order valence-corrected chi connectivity index (χ3v) is 2.68. The largest absolute Gasteiger partial charge is 0.342 e. The zero-order valence-corrected chi connectivity index (χ0v) is 12.0. The predicted octanol–water partition coefficient (Wildman–Crippen LogP) is 4.26. The average Bonchev–Trinajstić information content (AvgIpc) is 2.25. The Morgan fingerprint density at radius 1 is 1.18 bits per heavy atom. The molecule has 0 saturated carbocycles. The van der Waals surface area contributed by atoms with E-state index >= 15 is 0 Å². The van der Waals surface area contributed by atoms with Gasteiger partial charge >= 0.3 is 5.97 Å². The van der Waals surface area contributed by atoms with Crippen LogP contribution in [0.4, 0.5) is 0 Å². The van der Waals surface area contributed by atoms with Gasteiger partial charge in [-0.25, -0.2) is 4.79 Å². The molecule has 0 aliphatic carbocycles. The van der Waals surface area contributed by atoms with Gasteiger partial charge in [0, 0.05) is 6.42 Å². The summed E-state index contributed by atoms with van der Waals surface area (Å²) < 4.78 is 0. The Morgan fingerprint density at radius 3 is 2.29 bits per heavy atom. The van der Waals surface area contributed by atoms with Gasteiger partial charge in [-0.1, -0.05) is 39.5 Å². The number of hydrogen-bond acceptors (Lipinski definition) is 3. The van der Waals surface area contributed by atoms with Crippen LogP contribution < -0.4 is 0 Å². The molecule has 0 aromatic heterocycles. The Hall–Kier alpha value is -0.570. The lowest BCUT2D eigenvalue weighted by Crippen LogP contribution is -2.22. The van der Waals surface area contributed by atoms with Crippen LogP contribution in [0.15, 0.2) is 0 Å². The summed E-state index contributed by atoms with van der Waals surface area (Å²) in [6.07, 6.45) is 6.16. The molecule has 0 fully saturated rings. The van der Waals surface area contributed by atoms with E-state index in [1.165, 1.54) is 19.3 Å². The highest BCUT2D eigenvalue weighted by molar-refractivity contribution is 5.68. The number of hydrogen-bond donors (Lipinski definition) is 0. The van der Waals surface area contributed by atoms with Crippen LogP contribution in [-0.2, 0) is 14.6 Å². The molecule has 0 aromatic rings. The maximum Gasteiger partial charge on any atom is 0.342 e. The minimum atomic E-state index is -0.429. The van der Waals surface area contributed by atoms with E-state index in [9.17, 15) is 4.79 Å². The standard InChI is InChI=1S/C14H28O3/c1-6-8-9-12(7-2)10-11-13(15)16-17-14(3,4)5/h12H,6-11H2,1-5H3. The highest BCUT2D eigenvalue weighted by Crippen LogP contribution is 2.19. The molecule has 102 valence electrons. The van der Waals surface area contributed by atoms with Gasteiger partial charge in [-0.2, -0.15) is 4.89 Å². The summed E-state index contributed by atoms with van der Waals surface area (Å²) in [6.45, 7) is 9.94. The third-order valence-electron chi connectivity index (χ3n) is 2.68. The highest BCUT2D eigenvalue weighted by Gasteiger charge is 2.16. The van der Waals surface area contributed by atoms with E-state index in [1.54, 1.807) is 0 Å². The van der Waals surface area contributed by atoms with Crippen LogP contribution >= 0.6 is 0 Å². The van der Waals surface area contributed by atoms with E-state index in [0.29, 0.717) is 12.3 Å².